The number of benzene rings is 3. The number of nitrogens with zero attached hydrogens (tertiary/aromatic N) is 1. The Morgan fingerprint density at radius 1 is 0.853 bits per heavy atom. The monoisotopic (exact) mass is 455 g/mol. The van der Waals surface area contributed by atoms with E-state index in [0.717, 1.165) is 42.3 Å². The van der Waals surface area contributed by atoms with Gasteiger partial charge in [-0.15, -0.1) is 0 Å². The SMILES string of the molecule is O=C1/C(=C/c2ccc(OCc3ccccc3)cc2)Oc2cc(OCCN3CCCCC3)ccc21. The average Bonchev–Trinajstić information content (AvgIpc) is 3.19. The normalized spacial score (nSPS) is 16.8. The lowest BCUT2D eigenvalue weighted by molar-refractivity contribution is 0.101. The topological polar surface area (TPSA) is 48.0 Å². The molecule has 3 aromatic rings. The molecule has 0 aliphatic carbocycles. The number of rotatable bonds is 8. The van der Waals surface area contributed by atoms with Gasteiger partial charge in [0, 0.05) is 12.6 Å². The second-order valence-electron chi connectivity index (χ2n) is 8.69. The summed E-state index contributed by atoms with van der Waals surface area (Å²) in [4.78, 5) is 15.2. The van der Waals surface area contributed by atoms with Crippen LogP contribution in [0.25, 0.3) is 6.08 Å². The Kier molecular flexibility index (Phi) is 6.91. The summed E-state index contributed by atoms with van der Waals surface area (Å²) in [5.74, 6) is 2.26. The maximum atomic E-state index is 12.8. The van der Waals surface area contributed by atoms with Gasteiger partial charge < -0.3 is 14.2 Å². The number of ketones is 1. The Hall–Kier alpha value is -3.57. The highest BCUT2D eigenvalue weighted by Gasteiger charge is 2.27. The number of piperidine rings is 1. The largest absolute Gasteiger partial charge is 0.492 e. The fraction of sp³-hybridized carbons (Fsp3) is 0.276. The van der Waals surface area contributed by atoms with Gasteiger partial charge in [0.15, 0.2) is 5.76 Å². The van der Waals surface area contributed by atoms with Crippen molar-refractivity contribution < 1.29 is 19.0 Å². The van der Waals surface area contributed by atoms with E-state index in [2.05, 4.69) is 4.90 Å². The van der Waals surface area contributed by atoms with Crippen LogP contribution in [0.15, 0.2) is 78.6 Å². The van der Waals surface area contributed by atoms with Gasteiger partial charge in [-0.1, -0.05) is 48.9 Å². The number of carbonyl (C=O) groups excluding carboxylic acids is 1. The van der Waals surface area contributed by atoms with Crippen LogP contribution >= 0.6 is 0 Å². The van der Waals surface area contributed by atoms with Crippen molar-refractivity contribution in [3.63, 3.8) is 0 Å². The first-order chi connectivity index (χ1) is 16.7. The minimum Gasteiger partial charge on any atom is -0.492 e. The van der Waals surface area contributed by atoms with Gasteiger partial charge in [0.2, 0.25) is 5.78 Å². The molecule has 2 heterocycles. The molecule has 0 N–H and O–H groups in total. The van der Waals surface area contributed by atoms with Crippen molar-refractivity contribution >= 4 is 11.9 Å². The molecule has 5 rings (SSSR count). The summed E-state index contributed by atoms with van der Waals surface area (Å²) in [6.07, 6.45) is 5.64. The third-order valence-corrected chi connectivity index (χ3v) is 6.19. The number of fused-ring (bicyclic) bond motifs is 1. The summed E-state index contributed by atoms with van der Waals surface area (Å²) < 4.78 is 17.6. The maximum Gasteiger partial charge on any atom is 0.231 e. The van der Waals surface area contributed by atoms with Gasteiger partial charge >= 0.3 is 0 Å². The smallest absolute Gasteiger partial charge is 0.231 e. The molecule has 5 nitrogen and oxygen atoms in total. The molecular weight excluding hydrogens is 426 g/mol. The van der Waals surface area contributed by atoms with Crippen LogP contribution in [0.1, 0.15) is 40.7 Å². The van der Waals surface area contributed by atoms with Gasteiger partial charge in [0.05, 0.1) is 5.56 Å². The first-order valence-corrected chi connectivity index (χ1v) is 11.9. The minimum atomic E-state index is -0.112. The molecule has 0 atom stereocenters. The van der Waals surface area contributed by atoms with Crippen LogP contribution in [0.2, 0.25) is 0 Å². The van der Waals surface area contributed by atoms with Gasteiger partial charge in [-0.25, -0.2) is 0 Å². The van der Waals surface area contributed by atoms with E-state index in [9.17, 15) is 4.79 Å². The van der Waals surface area contributed by atoms with Gasteiger partial charge in [-0.3, -0.25) is 9.69 Å². The molecule has 5 heteroatoms. The maximum absolute atomic E-state index is 12.8. The number of carbonyl (C=O) groups is 1. The molecule has 0 radical (unpaired) electrons. The molecule has 0 bridgehead atoms. The summed E-state index contributed by atoms with van der Waals surface area (Å²) in [5.41, 5.74) is 2.56. The third-order valence-electron chi connectivity index (χ3n) is 6.19. The van der Waals surface area contributed by atoms with Crippen molar-refractivity contribution in [3.8, 4) is 17.2 Å². The van der Waals surface area contributed by atoms with Crippen LogP contribution in [0, 0.1) is 0 Å². The third kappa shape index (κ3) is 5.49. The molecule has 34 heavy (non-hydrogen) atoms. The zero-order valence-electron chi connectivity index (χ0n) is 19.2. The van der Waals surface area contributed by atoms with Gasteiger partial charge in [-0.2, -0.15) is 0 Å². The summed E-state index contributed by atoms with van der Waals surface area (Å²) in [6, 6.07) is 23.1. The molecule has 2 aliphatic rings. The van der Waals surface area contributed by atoms with E-state index >= 15 is 0 Å². The fourth-order valence-corrected chi connectivity index (χ4v) is 4.29. The number of allylic oxidation sites excluding steroid dienone is 1. The molecule has 0 aromatic heterocycles. The van der Waals surface area contributed by atoms with Crippen molar-refractivity contribution in [2.24, 2.45) is 0 Å². The van der Waals surface area contributed by atoms with E-state index in [1.54, 1.807) is 12.1 Å². The van der Waals surface area contributed by atoms with Crippen molar-refractivity contribution in [1.82, 2.24) is 4.90 Å². The van der Waals surface area contributed by atoms with Crippen LogP contribution in [-0.4, -0.2) is 36.9 Å². The molecule has 2 aliphatic heterocycles. The Morgan fingerprint density at radius 2 is 1.62 bits per heavy atom. The summed E-state index contributed by atoms with van der Waals surface area (Å²) in [7, 11) is 0. The predicted octanol–water partition coefficient (Wildman–Crippen LogP) is 5.75. The highest BCUT2D eigenvalue weighted by molar-refractivity contribution is 6.14. The molecule has 3 aromatic carbocycles. The fourth-order valence-electron chi connectivity index (χ4n) is 4.29. The molecular formula is C29H29NO4. The predicted molar refractivity (Wildman–Crippen MR) is 132 cm³/mol. The van der Waals surface area contributed by atoms with Crippen LogP contribution in [0.4, 0.5) is 0 Å². The number of hydrogen-bond acceptors (Lipinski definition) is 5. The second-order valence-corrected chi connectivity index (χ2v) is 8.69. The second kappa shape index (κ2) is 10.6. The average molecular weight is 456 g/mol. The zero-order valence-corrected chi connectivity index (χ0v) is 19.2. The van der Waals surface area contributed by atoms with Gasteiger partial charge in [-0.05, 0) is 67.4 Å². The molecule has 0 amide bonds. The minimum absolute atomic E-state index is 0.112. The summed E-state index contributed by atoms with van der Waals surface area (Å²) in [5, 5.41) is 0. The first-order valence-electron chi connectivity index (χ1n) is 11.9. The van der Waals surface area contributed by atoms with Crippen LogP contribution < -0.4 is 14.2 Å². The molecule has 1 saturated heterocycles. The zero-order chi connectivity index (χ0) is 23.2. The molecule has 174 valence electrons. The highest BCUT2D eigenvalue weighted by Crippen LogP contribution is 2.35. The lowest BCUT2D eigenvalue weighted by Crippen LogP contribution is -2.33. The van der Waals surface area contributed by atoms with E-state index in [1.165, 1.54) is 19.3 Å². The van der Waals surface area contributed by atoms with E-state index in [1.807, 2.05) is 66.7 Å². The first kappa shape index (κ1) is 22.2. The molecule has 0 unspecified atom stereocenters. The number of likely N-dealkylation sites (tertiary alicyclic amines) is 1. The Morgan fingerprint density at radius 3 is 2.41 bits per heavy atom. The van der Waals surface area contributed by atoms with Crippen molar-refractivity contribution in [3.05, 3.63) is 95.2 Å². The lowest BCUT2D eigenvalue weighted by Gasteiger charge is -2.26. The highest BCUT2D eigenvalue weighted by atomic mass is 16.5. The van der Waals surface area contributed by atoms with Crippen LogP contribution in [0.3, 0.4) is 0 Å². The van der Waals surface area contributed by atoms with Crippen molar-refractivity contribution in [1.29, 1.82) is 0 Å². The Bertz CT molecular complexity index is 1150. The quantitative estimate of drug-likeness (QED) is 0.405. The van der Waals surface area contributed by atoms with E-state index in [-0.39, 0.29) is 5.78 Å². The van der Waals surface area contributed by atoms with E-state index < -0.39 is 0 Å². The number of ether oxygens (including phenoxy) is 3. The van der Waals surface area contributed by atoms with Crippen molar-refractivity contribution in [2.45, 2.75) is 25.9 Å². The van der Waals surface area contributed by atoms with Crippen molar-refractivity contribution in [2.75, 3.05) is 26.2 Å². The Balaban J connectivity index is 1.17. The molecule has 0 saturated carbocycles. The molecule has 0 spiro atoms. The summed E-state index contributed by atoms with van der Waals surface area (Å²) in [6.45, 7) is 4.38. The lowest BCUT2D eigenvalue weighted by atomic mass is 10.1. The van der Waals surface area contributed by atoms with E-state index in [4.69, 9.17) is 14.2 Å². The number of Topliss-reactive ketones (excluding diaryl/α,β-unsaturated/α-hetero) is 1. The standard InChI is InChI=1S/C29H29NO4/c31-29-26-14-13-25(32-18-17-30-15-5-2-6-16-30)20-27(26)34-28(29)19-22-9-11-24(12-10-22)33-21-23-7-3-1-4-8-23/h1,3-4,7-14,19-20H,2,5-6,15-18,21H2/b28-19-. The Labute approximate surface area is 200 Å². The van der Waals surface area contributed by atoms with Crippen LogP contribution in [-0.2, 0) is 6.61 Å². The van der Waals surface area contributed by atoms with E-state index in [0.29, 0.717) is 30.3 Å². The van der Waals surface area contributed by atoms with Crippen LogP contribution in [0.5, 0.6) is 17.2 Å². The number of hydrogen-bond donors (Lipinski definition) is 0. The molecule has 1 fully saturated rings. The van der Waals surface area contributed by atoms with Gasteiger partial charge in [0.25, 0.3) is 0 Å². The summed E-state index contributed by atoms with van der Waals surface area (Å²) >= 11 is 0. The van der Waals surface area contributed by atoms with Gasteiger partial charge in [0.1, 0.15) is 30.5 Å².